The maximum absolute atomic E-state index is 4.53. The fourth-order valence-corrected chi connectivity index (χ4v) is 4.21. The molecule has 3 heterocycles. The summed E-state index contributed by atoms with van der Waals surface area (Å²) in [4.78, 5) is 0. The van der Waals surface area contributed by atoms with Crippen LogP contribution in [-0.4, -0.2) is 21.3 Å². The van der Waals surface area contributed by atoms with E-state index in [1.54, 1.807) is 0 Å². The molecule has 98 valence electrons. The molecule has 1 aromatic rings. The second-order valence-electron chi connectivity index (χ2n) is 6.46. The Morgan fingerprint density at radius 2 is 2.17 bits per heavy atom. The first-order valence-corrected chi connectivity index (χ1v) is 7.48. The Labute approximate surface area is 108 Å². The summed E-state index contributed by atoms with van der Waals surface area (Å²) < 4.78 is 2.40. The third kappa shape index (κ3) is 1.54. The predicted molar refractivity (Wildman–Crippen MR) is 69.1 cm³/mol. The largest absolute Gasteiger partial charge is 0.314 e. The van der Waals surface area contributed by atoms with Crippen molar-refractivity contribution in [2.45, 2.75) is 51.6 Å². The Morgan fingerprint density at radius 3 is 3.11 bits per heavy atom. The van der Waals surface area contributed by atoms with E-state index < -0.39 is 0 Å². The van der Waals surface area contributed by atoms with Gasteiger partial charge in [-0.3, -0.25) is 0 Å². The van der Waals surface area contributed by atoms with Crippen molar-refractivity contribution in [3.63, 3.8) is 0 Å². The van der Waals surface area contributed by atoms with Crippen molar-refractivity contribution >= 4 is 0 Å². The molecule has 1 saturated carbocycles. The van der Waals surface area contributed by atoms with Gasteiger partial charge in [0.05, 0.1) is 6.04 Å². The maximum Gasteiger partial charge on any atom is 0.150 e. The van der Waals surface area contributed by atoms with Gasteiger partial charge in [-0.2, -0.15) is 0 Å². The van der Waals surface area contributed by atoms with Gasteiger partial charge in [0.25, 0.3) is 0 Å². The van der Waals surface area contributed by atoms with E-state index in [0.717, 1.165) is 30.7 Å². The van der Waals surface area contributed by atoms with E-state index in [0.29, 0.717) is 6.04 Å². The summed E-state index contributed by atoms with van der Waals surface area (Å²) in [5, 5.41) is 12.7. The zero-order valence-electron chi connectivity index (χ0n) is 11.1. The van der Waals surface area contributed by atoms with E-state index >= 15 is 0 Å². The molecule has 4 atom stereocenters. The first kappa shape index (κ1) is 11.0. The van der Waals surface area contributed by atoms with Crippen molar-refractivity contribution in [1.29, 1.82) is 0 Å². The number of nitrogens with one attached hydrogen (secondary N) is 1. The van der Waals surface area contributed by atoms with E-state index in [1.165, 1.54) is 43.9 Å². The molecule has 4 rings (SSSR count). The summed E-state index contributed by atoms with van der Waals surface area (Å²) in [5.74, 6) is 4.92. The molecule has 2 fully saturated rings. The van der Waals surface area contributed by atoms with Crippen LogP contribution in [0, 0.1) is 17.8 Å². The fourth-order valence-electron chi connectivity index (χ4n) is 4.21. The minimum Gasteiger partial charge on any atom is -0.314 e. The Kier molecular flexibility index (Phi) is 2.47. The quantitative estimate of drug-likeness (QED) is 0.823. The van der Waals surface area contributed by atoms with E-state index in [2.05, 4.69) is 27.0 Å². The average molecular weight is 246 g/mol. The number of aromatic nitrogens is 3. The Hall–Kier alpha value is -0.900. The standard InChI is InChI=1S/C14H22N4/c1-9-5-6-18-12(7-9)16-17-14(18)13-11-4-2-3-10(11)8-15-13/h9-11,13,15H,2-8H2,1H3. The van der Waals surface area contributed by atoms with Gasteiger partial charge in [-0.1, -0.05) is 13.3 Å². The van der Waals surface area contributed by atoms with Crippen molar-refractivity contribution in [1.82, 2.24) is 20.1 Å². The van der Waals surface area contributed by atoms with Gasteiger partial charge in [-0.15, -0.1) is 10.2 Å². The van der Waals surface area contributed by atoms with Crippen molar-refractivity contribution in [2.75, 3.05) is 6.54 Å². The van der Waals surface area contributed by atoms with Crippen LogP contribution < -0.4 is 5.32 Å². The first-order valence-electron chi connectivity index (χ1n) is 7.48. The second kappa shape index (κ2) is 4.05. The van der Waals surface area contributed by atoms with Gasteiger partial charge in [-0.05, 0) is 43.6 Å². The third-order valence-corrected chi connectivity index (χ3v) is 5.26. The smallest absolute Gasteiger partial charge is 0.150 e. The monoisotopic (exact) mass is 246 g/mol. The zero-order valence-corrected chi connectivity index (χ0v) is 11.1. The summed E-state index contributed by atoms with van der Waals surface area (Å²) in [5.41, 5.74) is 0. The van der Waals surface area contributed by atoms with Crippen LogP contribution >= 0.6 is 0 Å². The second-order valence-corrected chi connectivity index (χ2v) is 6.46. The van der Waals surface area contributed by atoms with Crippen LogP contribution in [0.4, 0.5) is 0 Å². The third-order valence-electron chi connectivity index (χ3n) is 5.26. The van der Waals surface area contributed by atoms with Crippen LogP contribution in [0.1, 0.15) is 50.3 Å². The molecular weight excluding hydrogens is 224 g/mol. The van der Waals surface area contributed by atoms with Crippen LogP contribution in [-0.2, 0) is 13.0 Å². The van der Waals surface area contributed by atoms with Gasteiger partial charge >= 0.3 is 0 Å². The lowest BCUT2D eigenvalue weighted by Gasteiger charge is -2.23. The van der Waals surface area contributed by atoms with Gasteiger partial charge in [-0.25, -0.2) is 0 Å². The van der Waals surface area contributed by atoms with E-state index in [-0.39, 0.29) is 0 Å². The lowest BCUT2D eigenvalue weighted by atomic mass is 9.93. The van der Waals surface area contributed by atoms with E-state index in [1.807, 2.05) is 0 Å². The molecule has 18 heavy (non-hydrogen) atoms. The molecule has 0 aromatic carbocycles. The van der Waals surface area contributed by atoms with Crippen LogP contribution in [0.5, 0.6) is 0 Å². The molecule has 3 aliphatic rings. The summed E-state index contributed by atoms with van der Waals surface area (Å²) in [7, 11) is 0. The van der Waals surface area contributed by atoms with Gasteiger partial charge in [0, 0.05) is 13.0 Å². The molecule has 0 radical (unpaired) electrons. The molecule has 4 unspecified atom stereocenters. The predicted octanol–water partition coefficient (Wildman–Crippen LogP) is 1.92. The maximum atomic E-state index is 4.53. The minimum absolute atomic E-state index is 0.479. The van der Waals surface area contributed by atoms with Crippen molar-refractivity contribution < 1.29 is 0 Å². The molecule has 2 aliphatic heterocycles. The molecule has 1 N–H and O–H groups in total. The van der Waals surface area contributed by atoms with E-state index in [9.17, 15) is 0 Å². The lowest BCUT2D eigenvalue weighted by molar-refractivity contribution is 0.363. The van der Waals surface area contributed by atoms with Crippen molar-refractivity contribution in [2.24, 2.45) is 17.8 Å². The lowest BCUT2D eigenvalue weighted by Crippen LogP contribution is -2.25. The molecule has 0 bridgehead atoms. The normalized spacial score (nSPS) is 38.7. The van der Waals surface area contributed by atoms with Crippen molar-refractivity contribution in [3.05, 3.63) is 11.6 Å². The molecular formula is C14H22N4. The number of hydrogen-bond donors (Lipinski definition) is 1. The summed E-state index contributed by atoms with van der Waals surface area (Å²) >= 11 is 0. The molecule has 0 amide bonds. The van der Waals surface area contributed by atoms with Crippen LogP contribution in [0.2, 0.25) is 0 Å². The topological polar surface area (TPSA) is 42.7 Å². The van der Waals surface area contributed by atoms with E-state index in [4.69, 9.17) is 0 Å². The molecule has 4 nitrogen and oxygen atoms in total. The Morgan fingerprint density at radius 1 is 1.22 bits per heavy atom. The molecule has 4 heteroatoms. The number of rotatable bonds is 1. The van der Waals surface area contributed by atoms with Crippen LogP contribution in [0.25, 0.3) is 0 Å². The van der Waals surface area contributed by atoms with Gasteiger partial charge < -0.3 is 9.88 Å². The van der Waals surface area contributed by atoms with Gasteiger partial charge in [0.1, 0.15) is 11.6 Å². The van der Waals surface area contributed by atoms with Crippen LogP contribution in [0.15, 0.2) is 0 Å². The zero-order chi connectivity index (χ0) is 12.1. The highest BCUT2D eigenvalue weighted by molar-refractivity contribution is 5.10. The van der Waals surface area contributed by atoms with Gasteiger partial charge in [0.2, 0.25) is 0 Å². The molecule has 1 aromatic heterocycles. The SMILES string of the molecule is CC1CCn2c(nnc2C2NCC3CCCC32)C1. The first-order chi connectivity index (χ1) is 8.83. The molecule has 1 saturated heterocycles. The summed E-state index contributed by atoms with van der Waals surface area (Å²) in [6.07, 6.45) is 6.57. The highest BCUT2D eigenvalue weighted by Gasteiger charge is 2.42. The van der Waals surface area contributed by atoms with Crippen molar-refractivity contribution in [3.8, 4) is 0 Å². The van der Waals surface area contributed by atoms with Crippen LogP contribution in [0.3, 0.4) is 0 Å². The highest BCUT2D eigenvalue weighted by atomic mass is 15.3. The number of fused-ring (bicyclic) bond motifs is 2. The molecule has 1 aliphatic carbocycles. The molecule has 0 spiro atoms. The van der Waals surface area contributed by atoms with Gasteiger partial charge in [0.15, 0.2) is 0 Å². The minimum atomic E-state index is 0.479. The number of hydrogen-bond acceptors (Lipinski definition) is 3. The highest BCUT2D eigenvalue weighted by Crippen LogP contribution is 2.44. The summed E-state index contributed by atoms with van der Waals surface area (Å²) in [6.45, 7) is 4.63. The fraction of sp³-hybridized carbons (Fsp3) is 0.857. The summed E-state index contributed by atoms with van der Waals surface area (Å²) in [6, 6.07) is 0.479. The Bertz CT molecular complexity index is 453. The Balaban J connectivity index is 1.65. The number of nitrogens with zero attached hydrogens (tertiary/aromatic N) is 3. The average Bonchev–Trinajstić information content (AvgIpc) is 3.01.